The largest absolute Gasteiger partial charge is 0.456 e. The molecule has 23 heavy (non-hydrogen) atoms. The molecule has 3 heteroatoms. The summed E-state index contributed by atoms with van der Waals surface area (Å²) in [6.07, 6.45) is 11.9. The Labute approximate surface area is 135 Å². The zero-order valence-corrected chi connectivity index (χ0v) is 12.6. The summed E-state index contributed by atoms with van der Waals surface area (Å²) in [6.45, 7) is 0. The highest BCUT2D eigenvalue weighted by Crippen LogP contribution is 2.28. The Kier molecular flexibility index (Phi) is 3.60. The van der Waals surface area contributed by atoms with Crippen LogP contribution in [0.1, 0.15) is 17.7 Å². The van der Waals surface area contributed by atoms with Crippen molar-refractivity contribution in [3.63, 3.8) is 0 Å². The van der Waals surface area contributed by atoms with Gasteiger partial charge in [-0.1, -0.05) is 30.4 Å². The first-order valence-electron chi connectivity index (χ1n) is 7.72. The van der Waals surface area contributed by atoms with Gasteiger partial charge in [0.1, 0.15) is 11.5 Å². The first kappa shape index (κ1) is 13.7. The number of allylic oxidation sites excluding steroid dienone is 1. The van der Waals surface area contributed by atoms with Crippen LogP contribution in [-0.2, 0) is 6.42 Å². The van der Waals surface area contributed by atoms with E-state index in [-0.39, 0.29) is 0 Å². The van der Waals surface area contributed by atoms with Crippen molar-refractivity contribution in [1.82, 2.24) is 9.97 Å². The number of hydrogen-bond acceptors (Lipinski definition) is 3. The molecular formula is C20H16N2O. The van der Waals surface area contributed by atoms with Gasteiger partial charge in [-0.3, -0.25) is 9.97 Å². The number of rotatable bonds is 3. The molecule has 2 aromatic heterocycles. The lowest BCUT2D eigenvalue weighted by Crippen LogP contribution is -1.98. The fraction of sp³-hybridized carbons (Fsp3) is 0.100. The predicted octanol–water partition coefficient (Wildman–Crippen LogP) is 4.90. The van der Waals surface area contributed by atoms with E-state index in [1.807, 2.05) is 48.8 Å². The van der Waals surface area contributed by atoms with Crippen LogP contribution in [0.5, 0.6) is 11.5 Å². The first-order valence-corrected chi connectivity index (χ1v) is 7.72. The summed E-state index contributed by atoms with van der Waals surface area (Å²) < 4.78 is 5.86. The lowest BCUT2D eigenvalue weighted by atomic mass is 9.99. The number of benzene rings is 1. The maximum atomic E-state index is 5.86. The third kappa shape index (κ3) is 2.99. The van der Waals surface area contributed by atoms with Crippen LogP contribution < -0.4 is 4.74 Å². The van der Waals surface area contributed by atoms with Gasteiger partial charge in [-0.2, -0.15) is 0 Å². The maximum absolute atomic E-state index is 5.86. The Balaban J connectivity index is 1.65. The number of pyridine rings is 2. The highest BCUT2D eigenvalue weighted by Gasteiger charge is 2.09. The second kappa shape index (κ2) is 6.05. The van der Waals surface area contributed by atoms with Gasteiger partial charge in [0.05, 0.1) is 6.20 Å². The van der Waals surface area contributed by atoms with E-state index in [0.717, 1.165) is 35.5 Å². The zero-order chi connectivity index (χ0) is 15.5. The molecule has 0 atom stereocenters. The molecule has 0 amide bonds. The van der Waals surface area contributed by atoms with Crippen LogP contribution in [0.2, 0.25) is 0 Å². The second-order valence-corrected chi connectivity index (χ2v) is 5.53. The Morgan fingerprint density at radius 1 is 0.870 bits per heavy atom. The standard InChI is InChI=1S/C20H16N2O/c1-2-7-18(8-3-1)23-19-11-17(12-21-14-19)16-10-15-6-4-5-9-20(15)22-13-16/h1-4,6-8,10-14H,5,9H2. The molecule has 3 nitrogen and oxygen atoms in total. The van der Waals surface area contributed by atoms with Crippen LogP contribution in [0.15, 0.2) is 67.1 Å². The molecule has 0 aliphatic heterocycles. The third-order valence-electron chi connectivity index (χ3n) is 3.87. The lowest BCUT2D eigenvalue weighted by Gasteiger charge is -2.11. The van der Waals surface area contributed by atoms with Gasteiger partial charge in [-0.25, -0.2) is 0 Å². The number of nitrogens with zero attached hydrogens (tertiary/aromatic N) is 2. The predicted molar refractivity (Wildman–Crippen MR) is 91.3 cm³/mol. The average molecular weight is 300 g/mol. The van der Waals surface area contributed by atoms with E-state index in [0.29, 0.717) is 0 Å². The van der Waals surface area contributed by atoms with Crippen molar-refractivity contribution in [1.29, 1.82) is 0 Å². The molecule has 112 valence electrons. The molecule has 0 radical (unpaired) electrons. The summed E-state index contributed by atoms with van der Waals surface area (Å²) in [5.74, 6) is 1.53. The van der Waals surface area contributed by atoms with E-state index in [1.165, 1.54) is 11.3 Å². The quantitative estimate of drug-likeness (QED) is 0.690. The summed E-state index contributed by atoms with van der Waals surface area (Å²) in [6, 6.07) is 13.9. The van der Waals surface area contributed by atoms with Crippen molar-refractivity contribution in [3.05, 3.63) is 78.4 Å². The fourth-order valence-corrected chi connectivity index (χ4v) is 2.71. The SMILES string of the molecule is C1=Cc2cc(-c3cncc(Oc4ccccc4)c3)cnc2CC1. The van der Waals surface area contributed by atoms with Gasteiger partial charge < -0.3 is 4.74 Å². The van der Waals surface area contributed by atoms with Crippen LogP contribution in [0.4, 0.5) is 0 Å². The minimum Gasteiger partial charge on any atom is -0.456 e. The smallest absolute Gasteiger partial charge is 0.146 e. The van der Waals surface area contributed by atoms with Crippen LogP contribution in [0.3, 0.4) is 0 Å². The number of para-hydroxylation sites is 1. The molecule has 2 heterocycles. The van der Waals surface area contributed by atoms with Gasteiger partial charge in [0.15, 0.2) is 0 Å². The Bertz CT molecular complexity index is 857. The molecule has 1 aliphatic carbocycles. The molecule has 0 spiro atoms. The Morgan fingerprint density at radius 3 is 2.65 bits per heavy atom. The van der Waals surface area contributed by atoms with Crippen LogP contribution in [0.25, 0.3) is 17.2 Å². The van der Waals surface area contributed by atoms with Gasteiger partial charge in [0, 0.05) is 29.2 Å². The normalized spacial score (nSPS) is 12.7. The first-order chi connectivity index (χ1) is 11.4. The minimum absolute atomic E-state index is 0.724. The highest BCUT2D eigenvalue weighted by atomic mass is 16.5. The van der Waals surface area contributed by atoms with Gasteiger partial charge >= 0.3 is 0 Å². The molecule has 0 bridgehead atoms. The molecule has 0 unspecified atom stereocenters. The van der Waals surface area contributed by atoms with Gasteiger partial charge in [0.25, 0.3) is 0 Å². The molecule has 0 N–H and O–H groups in total. The topological polar surface area (TPSA) is 35.0 Å². The second-order valence-electron chi connectivity index (χ2n) is 5.53. The molecule has 3 aromatic rings. The molecule has 1 aromatic carbocycles. The van der Waals surface area contributed by atoms with Crippen molar-refractivity contribution in [2.24, 2.45) is 0 Å². The summed E-state index contributed by atoms with van der Waals surface area (Å²) in [7, 11) is 0. The minimum atomic E-state index is 0.724. The van der Waals surface area contributed by atoms with Crippen molar-refractivity contribution in [2.45, 2.75) is 12.8 Å². The summed E-state index contributed by atoms with van der Waals surface area (Å²) in [5.41, 5.74) is 4.43. The van der Waals surface area contributed by atoms with Crippen molar-refractivity contribution >= 4 is 6.08 Å². The van der Waals surface area contributed by atoms with Gasteiger partial charge in [-0.15, -0.1) is 0 Å². The van der Waals surface area contributed by atoms with Crippen molar-refractivity contribution in [3.8, 4) is 22.6 Å². The maximum Gasteiger partial charge on any atom is 0.146 e. The van der Waals surface area contributed by atoms with E-state index in [4.69, 9.17) is 4.74 Å². The molecule has 0 saturated heterocycles. The number of hydrogen-bond donors (Lipinski definition) is 0. The van der Waals surface area contributed by atoms with Gasteiger partial charge in [-0.05, 0) is 42.7 Å². The Hall–Kier alpha value is -2.94. The fourth-order valence-electron chi connectivity index (χ4n) is 2.71. The summed E-state index contributed by atoms with van der Waals surface area (Å²) in [4.78, 5) is 8.89. The van der Waals surface area contributed by atoms with Crippen LogP contribution in [0, 0.1) is 0 Å². The van der Waals surface area contributed by atoms with E-state index in [9.17, 15) is 0 Å². The number of ether oxygens (including phenoxy) is 1. The number of aryl methyl sites for hydroxylation is 1. The summed E-state index contributed by atoms with van der Waals surface area (Å²) >= 11 is 0. The van der Waals surface area contributed by atoms with Crippen LogP contribution in [-0.4, -0.2) is 9.97 Å². The third-order valence-corrected chi connectivity index (χ3v) is 3.87. The van der Waals surface area contributed by atoms with E-state index in [2.05, 4.69) is 28.2 Å². The zero-order valence-electron chi connectivity index (χ0n) is 12.6. The molecular weight excluding hydrogens is 284 g/mol. The van der Waals surface area contributed by atoms with Gasteiger partial charge in [0.2, 0.25) is 0 Å². The van der Waals surface area contributed by atoms with Crippen molar-refractivity contribution in [2.75, 3.05) is 0 Å². The van der Waals surface area contributed by atoms with E-state index >= 15 is 0 Å². The van der Waals surface area contributed by atoms with E-state index in [1.54, 1.807) is 6.20 Å². The van der Waals surface area contributed by atoms with E-state index < -0.39 is 0 Å². The molecule has 0 fully saturated rings. The number of aromatic nitrogens is 2. The number of fused-ring (bicyclic) bond motifs is 1. The molecule has 0 saturated carbocycles. The lowest BCUT2D eigenvalue weighted by molar-refractivity contribution is 0.480. The monoisotopic (exact) mass is 300 g/mol. The average Bonchev–Trinajstić information content (AvgIpc) is 2.62. The summed E-state index contributed by atoms with van der Waals surface area (Å²) in [5, 5.41) is 0. The van der Waals surface area contributed by atoms with Crippen molar-refractivity contribution < 1.29 is 4.74 Å². The van der Waals surface area contributed by atoms with Crippen LogP contribution >= 0.6 is 0 Å². The highest BCUT2D eigenvalue weighted by molar-refractivity contribution is 5.68. The Morgan fingerprint density at radius 2 is 1.74 bits per heavy atom. The molecule has 1 aliphatic rings. The molecule has 4 rings (SSSR count).